The van der Waals surface area contributed by atoms with E-state index in [9.17, 15) is 0 Å². The Labute approximate surface area is 86.7 Å². The van der Waals surface area contributed by atoms with E-state index < -0.39 is 0 Å². The smallest absolute Gasteiger partial charge is 0.230 e. The first kappa shape index (κ1) is 9.85. The van der Waals surface area contributed by atoms with E-state index in [-0.39, 0.29) is 0 Å². The zero-order valence-electron chi connectivity index (χ0n) is 8.65. The molecule has 0 aromatic carbocycles. The molecule has 0 bridgehead atoms. The first-order valence-corrected chi connectivity index (χ1v) is 4.65. The molecule has 2 heterocycles. The molecular formula is C9H12N4O2. The van der Waals surface area contributed by atoms with Crippen molar-refractivity contribution in [3.63, 3.8) is 0 Å². The minimum absolute atomic E-state index is 0.516. The number of hydrogen-bond donors (Lipinski definition) is 1. The van der Waals surface area contributed by atoms with E-state index >= 15 is 0 Å². The van der Waals surface area contributed by atoms with E-state index in [0.29, 0.717) is 30.8 Å². The summed E-state index contributed by atoms with van der Waals surface area (Å²) < 4.78 is 10.5. The largest absolute Gasteiger partial charge is 0.445 e. The Morgan fingerprint density at radius 3 is 2.53 bits per heavy atom. The molecule has 0 amide bonds. The third-order valence-electron chi connectivity index (χ3n) is 1.79. The van der Waals surface area contributed by atoms with Gasteiger partial charge in [-0.2, -0.15) is 0 Å². The Hall–Kier alpha value is -1.69. The SMILES string of the molecule is Cc1cnc(CNCc2nnc(C)o2)o1. The number of nitrogens with zero attached hydrogens (tertiary/aromatic N) is 3. The van der Waals surface area contributed by atoms with Crippen molar-refractivity contribution in [1.82, 2.24) is 20.5 Å². The van der Waals surface area contributed by atoms with Crippen molar-refractivity contribution in [3.8, 4) is 0 Å². The highest BCUT2D eigenvalue weighted by atomic mass is 16.4. The van der Waals surface area contributed by atoms with Gasteiger partial charge >= 0.3 is 0 Å². The van der Waals surface area contributed by atoms with Crippen LogP contribution in [0.2, 0.25) is 0 Å². The lowest BCUT2D eigenvalue weighted by atomic mass is 10.5. The fourth-order valence-corrected chi connectivity index (χ4v) is 1.17. The zero-order valence-corrected chi connectivity index (χ0v) is 8.65. The van der Waals surface area contributed by atoms with Crippen LogP contribution in [0.1, 0.15) is 23.4 Å². The van der Waals surface area contributed by atoms with Crippen molar-refractivity contribution in [2.24, 2.45) is 0 Å². The number of rotatable bonds is 4. The van der Waals surface area contributed by atoms with Gasteiger partial charge in [0.05, 0.1) is 19.3 Å². The van der Waals surface area contributed by atoms with Crippen LogP contribution in [-0.4, -0.2) is 15.2 Å². The van der Waals surface area contributed by atoms with Crippen molar-refractivity contribution >= 4 is 0 Å². The Kier molecular flexibility index (Phi) is 2.77. The Morgan fingerprint density at radius 1 is 1.13 bits per heavy atom. The molecule has 0 aliphatic carbocycles. The van der Waals surface area contributed by atoms with Gasteiger partial charge in [-0.25, -0.2) is 4.98 Å². The highest BCUT2D eigenvalue weighted by Gasteiger charge is 2.03. The third-order valence-corrected chi connectivity index (χ3v) is 1.79. The zero-order chi connectivity index (χ0) is 10.7. The van der Waals surface area contributed by atoms with E-state index in [1.807, 2.05) is 6.92 Å². The van der Waals surface area contributed by atoms with Gasteiger partial charge < -0.3 is 14.2 Å². The van der Waals surface area contributed by atoms with Crippen molar-refractivity contribution in [2.75, 3.05) is 0 Å². The second-order valence-electron chi connectivity index (χ2n) is 3.18. The number of aromatic nitrogens is 3. The Balaban J connectivity index is 1.80. The first-order chi connectivity index (χ1) is 7.24. The molecule has 80 valence electrons. The van der Waals surface area contributed by atoms with Gasteiger partial charge in [0.2, 0.25) is 17.7 Å². The Morgan fingerprint density at radius 2 is 1.93 bits per heavy atom. The molecule has 0 atom stereocenters. The molecule has 0 saturated carbocycles. The van der Waals surface area contributed by atoms with Crippen molar-refractivity contribution in [1.29, 1.82) is 0 Å². The quantitative estimate of drug-likeness (QED) is 0.806. The fourth-order valence-electron chi connectivity index (χ4n) is 1.17. The number of hydrogen-bond acceptors (Lipinski definition) is 6. The van der Waals surface area contributed by atoms with Gasteiger partial charge in [-0.15, -0.1) is 10.2 Å². The molecule has 0 radical (unpaired) electrons. The van der Waals surface area contributed by atoms with E-state index in [0.717, 1.165) is 5.76 Å². The molecule has 0 aliphatic rings. The topological polar surface area (TPSA) is 77.0 Å². The number of oxazole rings is 1. The van der Waals surface area contributed by atoms with Gasteiger partial charge in [-0.3, -0.25) is 0 Å². The van der Waals surface area contributed by atoms with E-state index in [1.54, 1.807) is 13.1 Å². The normalized spacial score (nSPS) is 10.8. The molecule has 1 N–H and O–H groups in total. The van der Waals surface area contributed by atoms with Gasteiger partial charge in [0.25, 0.3) is 0 Å². The summed E-state index contributed by atoms with van der Waals surface area (Å²) in [6.07, 6.45) is 1.69. The number of aryl methyl sites for hydroxylation is 2. The van der Waals surface area contributed by atoms with Crippen LogP contribution < -0.4 is 5.32 Å². The monoisotopic (exact) mass is 208 g/mol. The summed E-state index contributed by atoms with van der Waals surface area (Å²) >= 11 is 0. The van der Waals surface area contributed by atoms with Crippen LogP contribution in [0.25, 0.3) is 0 Å². The maximum absolute atomic E-state index is 5.29. The van der Waals surface area contributed by atoms with E-state index in [4.69, 9.17) is 8.83 Å². The highest BCUT2D eigenvalue weighted by molar-refractivity contribution is 4.90. The highest BCUT2D eigenvalue weighted by Crippen LogP contribution is 2.01. The summed E-state index contributed by atoms with van der Waals surface area (Å²) in [5, 5.41) is 10.7. The standard InChI is InChI=1S/C9H12N4O2/c1-6-3-11-8(14-6)4-10-5-9-13-12-7(2)15-9/h3,10H,4-5H2,1-2H3. The predicted octanol–water partition coefficient (Wildman–Crippen LogP) is 0.964. The van der Waals surface area contributed by atoms with Gasteiger partial charge in [-0.05, 0) is 6.92 Å². The molecule has 0 saturated heterocycles. The summed E-state index contributed by atoms with van der Waals surface area (Å²) in [4.78, 5) is 4.06. The molecule has 0 fully saturated rings. The summed E-state index contributed by atoms with van der Waals surface area (Å²) in [5.74, 6) is 2.60. The van der Waals surface area contributed by atoms with Crippen molar-refractivity contribution in [3.05, 3.63) is 29.6 Å². The lowest BCUT2D eigenvalue weighted by Crippen LogP contribution is -2.13. The van der Waals surface area contributed by atoms with Crippen LogP contribution in [0, 0.1) is 13.8 Å². The fraction of sp³-hybridized carbons (Fsp3) is 0.444. The minimum Gasteiger partial charge on any atom is -0.445 e. The summed E-state index contributed by atoms with van der Waals surface area (Å²) in [6.45, 7) is 4.68. The molecule has 2 aromatic heterocycles. The summed E-state index contributed by atoms with van der Waals surface area (Å²) in [5.41, 5.74) is 0. The summed E-state index contributed by atoms with van der Waals surface area (Å²) in [6, 6.07) is 0. The third kappa shape index (κ3) is 2.63. The lowest BCUT2D eigenvalue weighted by Gasteiger charge is -1.96. The molecule has 15 heavy (non-hydrogen) atoms. The van der Waals surface area contributed by atoms with Gasteiger partial charge in [0.15, 0.2) is 0 Å². The summed E-state index contributed by atoms with van der Waals surface area (Å²) in [7, 11) is 0. The van der Waals surface area contributed by atoms with Gasteiger partial charge in [-0.1, -0.05) is 0 Å². The van der Waals surface area contributed by atoms with Crippen LogP contribution >= 0.6 is 0 Å². The van der Waals surface area contributed by atoms with E-state index in [2.05, 4.69) is 20.5 Å². The average Bonchev–Trinajstić information content (AvgIpc) is 2.76. The second kappa shape index (κ2) is 4.22. The van der Waals surface area contributed by atoms with E-state index in [1.165, 1.54) is 0 Å². The maximum atomic E-state index is 5.29. The van der Waals surface area contributed by atoms with Crippen molar-refractivity contribution < 1.29 is 8.83 Å². The molecule has 2 rings (SSSR count). The van der Waals surface area contributed by atoms with Crippen LogP contribution in [0.5, 0.6) is 0 Å². The predicted molar refractivity (Wildman–Crippen MR) is 50.8 cm³/mol. The lowest BCUT2D eigenvalue weighted by molar-refractivity contribution is 0.417. The molecule has 6 nitrogen and oxygen atoms in total. The molecule has 6 heteroatoms. The number of nitrogens with one attached hydrogen (secondary N) is 1. The second-order valence-corrected chi connectivity index (χ2v) is 3.18. The van der Waals surface area contributed by atoms with Crippen molar-refractivity contribution in [2.45, 2.75) is 26.9 Å². The first-order valence-electron chi connectivity index (χ1n) is 4.65. The van der Waals surface area contributed by atoms with Gasteiger partial charge in [0.1, 0.15) is 5.76 Å². The minimum atomic E-state index is 0.516. The molecule has 2 aromatic rings. The van der Waals surface area contributed by atoms with Crippen LogP contribution in [0.15, 0.2) is 15.0 Å². The van der Waals surface area contributed by atoms with Crippen LogP contribution in [-0.2, 0) is 13.1 Å². The Bertz CT molecular complexity index is 395. The van der Waals surface area contributed by atoms with Crippen LogP contribution in [0.4, 0.5) is 0 Å². The molecular weight excluding hydrogens is 196 g/mol. The molecule has 0 spiro atoms. The average molecular weight is 208 g/mol. The van der Waals surface area contributed by atoms with Gasteiger partial charge in [0, 0.05) is 6.92 Å². The maximum Gasteiger partial charge on any atom is 0.230 e. The molecule has 0 aliphatic heterocycles. The molecule has 0 unspecified atom stereocenters. The van der Waals surface area contributed by atoms with Crippen LogP contribution in [0.3, 0.4) is 0 Å².